The summed E-state index contributed by atoms with van der Waals surface area (Å²) in [6, 6.07) is 24.1. The molecule has 2 heterocycles. The van der Waals surface area contributed by atoms with Crippen molar-refractivity contribution in [2.75, 3.05) is 0 Å². The molecule has 0 fully saturated rings. The van der Waals surface area contributed by atoms with Crippen molar-refractivity contribution in [2.24, 2.45) is 4.99 Å². The third-order valence-corrected chi connectivity index (χ3v) is 10.1. The van der Waals surface area contributed by atoms with E-state index in [1.165, 1.54) is 41.2 Å². The average Bonchev–Trinajstić information content (AvgIpc) is 3.34. The fourth-order valence-corrected chi connectivity index (χ4v) is 8.24. The van der Waals surface area contributed by atoms with Gasteiger partial charge >= 0.3 is 0 Å². The molecule has 0 bridgehead atoms. The molecule has 5 aromatic rings. The topological polar surface area (TPSA) is 86.7 Å². The molecule has 45 heavy (non-hydrogen) atoms. The number of aromatic nitrogens is 1. The summed E-state index contributed by atoms with van der Waals surface area (Å²) in [7, 11) is 0. The van der Waals surface area contributed by atoms with Crippen LogP contribution in [0.25, 0.3) is 11.8 Å². The minimum atomic E-state index is -0.441. The molecule has 1 aromatic heterocycles. The SMILES string of the molecule is O=c1/c(=C\c2cc(Br)c(OCc3ccc([N+](=O)[O-])cc3)c(Br)c2)sc2n1[C@@H](c1ccc(F)cc1)C1=C(N=2)c2ccccc2CC1. The zero-order valence-electron chi connectivity index (χ0n) is 23.4. The fourth-order valence-electron chi connectivity index (χ4n) is 5.79. The van der Waals surface area contributed by atoms with E-state index in [9.17, 15) is 19.3 Å². The fraction of sp³-hybridized carbons (Fsp3) is 0.118. The van der Waals surface area contributed by atoms with Gasteiger partial charge in [0.05, 0.1) is 30.1 Å². The van der Waals surface area contributed by atoms with E-state index in [1.54, 1.807) is 28.8 Å². The van der Waals surface area contributed by atoms with Crippen LogP contribution >= 0.6 is 43.2 Å². The van der Waals surface area contributed by atoms with Crippen LogP contribution in [0.4, 0.5) is 10.1 Å². The van der Waals surface area contributed by atoms with Gasteiger partial charge in [-0.05, 0) is 115 Å². The predicted octanol–water partition coefficient (Wildman–Crippen LogP) is 7.47. The molecule has 7 nitrogen and oxygen atoms in total. The van der Waals surface area contributed by atoms with Crippen molar-refractivity contribution in [3.05, 3.63) is 163 Å². The van der Waals surface area contributed by atoms with E-state index in [0.717, 1.165) is 46.4 Å². The van der Waals surface area contributed by atoms with Crippen LogP contribution in [-0.4, -0.2) is 9.49 Å². The summed E-state index contributed by atoms with van der Waals surface area (Å²) in [5.41, 5.74) is 6.49. The lowest BCUT2D eigenvalue weighted by Crippen LogP contribution is -2.38. The monoisotopic (exact) mass is 745 g/mol. The lowest BCUT2D eigenvalue weighted by atomic mass is 9.83. The van der Waals surface area contributed by atoms with Gasteiger partial charge in [0.15, 0.2) is 4.80 Å². The maximum atomic E-state index is 14.0. The highest BCUT2D eigenvalue weighted by atomic mass is 79.9. The Hall–Kier alpha value is -4.19. The number of benzene rings is 4. The number of nitro benzene ring substituents is 1. The number of allylic oxidation sites excluding steroid dienone is 1. The molecule has 0 amide bonds. The van der Waals surface area contributed by atoms with Crippen molar-refractivity contribution in [1.82, 2.24) is 4.57 Å². The molecular formula is C34H22Br2FN3O4S. The Morgan fingerprint density at radius 3 is 2.44 bits per heavy atom. The van der Waals surface area contributed by atoms with E-state index in [4.69, 9.17) is 9.73 Å². The molecule has 2 aliphatic rings. The molecular weight excluding hydrogens is 725 g/mol. The van der Waals surface area contributed by atoms with Crippen molar-refractivity contribution >= 4 is 60.7 Å². The predicted molar refractivity (Wildman–Crippen MR) is 178 cm³/mol. The summed E-state index contributed by atoms with van der Waals surface area (Å²) < 4.78 is 23.6. The Kier molecular flexibility index (Phi) is 7.84. The van der Waals surface area contributed by atoms with Gasteiger partial charge in [0, 0.05) is 17.7 Å². The maximum absolute atomic E-state index is 14.0. The van der Waals surface area contributed by atoms with Gasteiger partial charge in [-0.15, -0.1) is 0 Å². The van der Waals surface area contributed by atoms with Crippen molar-refractivity contribution in [3.63, 3.8) is 0 Å². The molecule has 1 atom stereocenters. The lowest BCUT2D eigenvalue weighted by Gasteiger charge is -2.30. The second kappa shape index (κ2) is 12.0. The number of nitrogens with zero attached hydrogens (tertiary/aromatic N) is 3. The Balaban J connectivity index is 1.27. The summed E-state index contributed by atoms with van der Waals surface area (Å²) in [4.78, 5) is 30.2. The molecule has 11 heteroatoms. The van der Waals surface area contributed by atoms with Crippen LogP contribution in [0.15, 0.2) is 109 Å². The van der Waals surface area contributed by atoms with Crippen LogP contribution in [0.2, 0.25) is 0 Å². The molecule has 0 radical (unpaired) electrons. The second-order valence-corrected chi connectivity index (χ2v) is 13.4. The highest BCUT2D eigenvalue weighted by molar-refractivity contribution is 9.11. The quantitative estimate of drug-likeness (QED) is 0.133. The molecule has 7 rings (SSSR count). The van der Waals surface area contributed by atoms with Crippen LogP contribution in [0.3, 0.4) is 0 Å². The smallest absolute Gasteiger partial charge is 0.271 e. The molecule has 0 N–H and O–H groups in total. The van der Waals surface area contributed by atoms with Gasteiger partial charge in [0.25, 0.3) is 11.2 Å². The first-order valence-electron chi connectivity index (χ1n) is 14.0. The van der Waals surface area contributed by atoms with Gasteiger partial charge in [-0.25, -0.2) is 9.38 Å². The van der Waals surface area contributed by atoms with E-state index < -0.39 is 4.92 Å². The van der Waals surface area contributed by atoms with Crippen molar-refractivity contribution in [2.45, 2.75) is 25.5 Å². The van der Waals surface area contributed by atoms with Gasteiger partial charge in [-0.2, -0.15) is 0 Å². The summed E-state index contributed by atoms with van der Waals surface area (Å²) in [5, 5.41) is 10.9. The number of halogens is 3. The van der Waals surface area contributed by atoms with Crippen LogP contribution in [0.1, 0.15) is 40.3 Å². The molecule has 0 saturated heterocycles. The van der Waals surface area contributed by atoms with E-state index in [2.05, 4.69) is 44.0 Å². The maximum Gasteiger partial charge on any atom is 0.271 e. The van der Waals surface area contributed by atoms with E-state index in [0.29, 0.717) is 24.0 Å². The molecule has 0 unspecified atom stereocenters. The Bertz CT molecular complexity index is 2190. The van der Waals surface area contributed by atoms with Crippen LogP contribution in [0.5, 0.6) is 5.75 Å². The van der Waals surface area contributed by atoms with Crippen LogP contribution in [0, 0.1) is 15.9 Å². The number of rotatable bonds is 6. The van der Waals surface area contributed by atoms with Gasteiger partial charge in [-0.3, -0.25) is 19.5 Å². The summed E-state index contributed by atoms with van der Waals surface area (Å²) >= 11 is 8.51. The number of hydrogen-bond acceptors (Lipinski definition) is 6. The first-order valence-corrected chi connectivity index (χ1v) is 16.4. The van der Waals surface area contributed by atoms with E-state index in [1.807, 2.05) is 30.3 Å². The largest absolute Gasteiger partial charge is 0.487 e. The lowest BCUT2D eigenvalue weighted by molar-refractivity contribution is -0.384. The minimum Gasteiger partial charge on any atom is -0.487 e. The molecule has 0 saturated carbocycles. The highest BCUT2D eigenvalue weighted by Gasteiger charge is 2.32. The summed E-state index contributed by atoms with van der Waals surface area (Å²) in [6.07, 6.45) is 3.42. The zero-order valence-corrected chi connectivity index (χ0v) is 27.4. The third kappa shape index (κ3) is 5.60. The summed E-state index contributed by atoms with van der Waals surface area (Å²) in [5.74, 6) is 0.236. The van der Waals surface area contributed by atoms with Gasteiger partial charge < -0.3 is 4.74 Å². The van der Waals surface area contributed by atoms with Gasteiger partial charge in [0.2, 0.25) is 0 Å². The van der Waals surface area contributed by atoms with Crippen LogP contribution in [-0.2, 0) is 13.0 Å². The number of fused-ring (bicyclic) bond motifs is 3. The molecule has 4 aromatic carbocycles. The Morgan fingerprint density at radius 2 is 1.73 bits per heavy atom. The normalized spacial score (nSPS) is 15.6. The second-order valence-electron chi connectivity index (χ2n) is 10.7. The number of hydrogen-bond donors (Lipinski definition) is 0. The average molecular weight is 747 g/mol. The molecule has 1 aliphatic carbocycles. The number of thiazole rings is 1. The van der Waals surface area contributed by atoms with Gasteiger partial charge in [0.1, 0.15) is 18.2 Å². The molecule has 224 valence electrons. The Morgan fingerprint density at radius 1 is 1.02 bits per heavy atom. The number of non-ortho nitro benzene ring substituents is 1. The van der Waals surface area contributed by atoms with Crippen molar-refractivity contribution in [3.8, 4) is 5.75 Å². The number of nitro groups is 1. The van der Waals surface area contributed by atoms with E-state index >= 15 is 0 Å². The number of ether oxygens (including phenoxy) is 1. The first-order chi connectivity index (χ1) is 21.8. The molecule has 1 aliphatic heterocycles. The minimum absolute atomic E-state index is 0.0183. The van der Waals surface area contributed by atoms with Crippen molar-refractivity contribution in [1.29, 1.82) is 0 Å². The molecule has 0 spiro atoms. The third-order valence-electron chi connectivity index (χ3n) is 7.91. The standard InChI is InChI=1S/C34H22Br2FN3O4S/c35-27-15-20(16-28(36)32(27)44-18-19-5-12-24(13-6-19)40(42)43)17-29-33(41)39-31(22-7-10-23(37)11-8-22)26-14-9-21-3-1-2-4-25(21)30(26)38-34(39)45-29/h1-8,10-13,15-17,31H,9,14,18H2/b29-17+/t31-/m0/s1. The first kappa shape index (κ1) is 29.5. The number of aryl methyl sites for hydroxylation is 1. The van der Waals surface area contributed by atoms with Crippen molar-refractivity contribution < 1.29 is 14.1 Å². The highest BCUT2D eigenvalue weighted by Crippen LogP contribution is 2.41. The summed E-state index contributed by atoms with van der Waals surface area (Å²) in [6.45, 7) is 0.213. The Labute approximate surface area is 277 Å². The van der Waals surface area contributed by atoms with Crippen LogP contribution < -0.4 is 19.6 Å². The van der Waals surface area contributed by atoms with E-state index in [-0.39, 0.29) is 29.7 Å². The van der Waals surface area contributed by atoms with Gasteiger partial charge in [-0.1, -0.05) is 47.7 Å². The zero-order chi connectivity index (χ0) is 31.2.